The molecule has 2 heteroatoms. The third kappa shape index (κ3) is 1.26. The maximum Gasteiger partial charge on any atom is 0.0303 e. The average molecular weight is 148 g/mol. The van der Waals surface area contributed by atoms with Crippen molar-refractivity contribution in [2.75, 3.05) is 20.1 Å². The van der Waals surface area contributed by atoms with Crippen LogP contribution in [0.3, 0.4) is 0 Å². The molecular formula is C9H12N2. The summed E-state index contributed by atoms with van der Waals surface area (Å²) in [7, 11) is 2.15. The molecule has 0 unspecified atom stereocenters. The highest BCUT2D eigenvalue weighted by molar-refractivity contribution is 5.18. The Balaban J connectivity index is 2.08. The minimum atomic E-state index is 0.730. The number of hydrogen-bond donors (Lipinski definition) is 0. The van der Waals surface area contributed by atoms with E-state index in [1.165, 1.54) is 18.7 Å². The molecule has 0 saturated carbocycles. The van der Waals surface area contributed by atoms with Gasteiger partial charge in [0.1, 0.15) is 0 Å². The summed E-state index contributed by atoms with van der Waals surface area (Å²) < 4.78 is 0. The van der Waals surface area contributed by atoms with Crippen LogP contribution in [0.4, 0.5) is 0 Å². The minimum absolute atomic E-state index is 0.730. The summed E-state index contributed by atoms with van der Waals surface area (Å²) in [5, 5.41) is 0. The first-order chi connectivity index (χ1) is 5.36. The lowest BCUT2D eigenvalue weighted by Crippen LogP contribution is -2.41. The number of nitrogens with zero attached hydrogens (tertiary/aromatic N) is 2. The Hall–Kier alpha value is -0.890. The molecule has 0 spiro atoms. The first-order valence-corrected chi connectivity index (χ1v) is 3.95. The van der Waals surface area contributed by atoms with Crippen LogP contribution in [0, 0.1) is 0 Å². The molecule has 1 saturated heterocycles. The van der Waals surface area contributed by atoms with Crippen molar-refractivity contribution in [2.45, 2.75) is 5.92 Å². The lowest BCUT2D eigenvalue weighted by Gasteiger charge is -2.36. The van der Waals surface area contributed by atoms with Crippen molar-refractivity contribution in [1.82, 2.24) is 9.88 Å². The summed E-state index contributed by atoms with van der Waals surface area (Å²) in [4.78, 5) is 6.41. The molecule has 1 aromatic heterocycles. The summed E-state index contributed by atoms with van der Waals surface area (Å²) in [6.07, 6.45) is 3.80. The van der Waals surface area contributed by atoms with Crippen molar-refractivity contribution in [3.63, 3.8) is 0 Å². The van der Waals surface area contributed by atoms with Gasteiger partial charge in [0.2, 0.25) is 0 Å². The largest absolute Gasteiger partial charge is 0.305 e. The molecular weight excluding hydrogens is 136 g/mol. The number of aromatic nitrogens is 1. The van der Waals surface area contributed by atoms with E-state index >= 15 is 0 Å². The molecule has 1 fully saturated rings. The molecule has 0 radical (unpaired) electrons. The van der Waals surface area contributed by atoms with E-state index in [4.69, 9.17) is 0 Å². The van der Waals surface area contributed by atoms with E-state index in [9.17, 15) is 0 Å². The zero-order chi connectivity index (χ0) is 7.68. The van der Waals surface area contributed by atoms with Crippen LogP contribution >= 0.6 is 0 Å². The second-order valence-corrected chi connectivity index (χ2v) is 3.20. The Morgan fingerprint density at radius 2 is 2.36 bits per heavy atom. The van der Waals surface area contributed by atoms with Crippen molar-refractivity contribution < 1.29 is 0 Å². The van der Waals surface area contributed by atoms with Gasteiger partial charge in [-0.05, 0) is 18.7 Å². The second-order valence-electron chi connectivity index (χ2n) is 3.20. The van der Waals surface area contributed by atoms with E-state index in [1.807, 2.05) is 18.5 Å². The van der Waals surface area contributed by atoms with Gasteiger partial charge in [0, 0.05) is 31.4 Å². The zero-order valence-corrected chi connectivity index (χ0v) is 6.70. The fourth-order valence-corrected chi connectivity index (χ4v) is 1.53. The van der Waals surface area contributed by atoms with Gasteiger partial charge in [-0.15, -0.1) is 0 Å². The molecule has 0 atom stereocenters. The Morgan fingerprint density at radius 3 is 2.91 bits per heavy atom. The Kier molecular flexibility index (Phi) is 1.62. The Morgan fingerprint density at radius 1 is 1.55 bits per heavy atom. The predicted molar refractivity (Wildman–Crippen MR) is 44.5 cm³/mol. The maximum atomic E-state index is 4.09. The van der Waals surface area contributed by atoms with Gasteiger partial charge in [0.15, 0.2) is 0 Å². The van der Waals surface area contributed by atoms with E-state index < -0.39 is 0 Å². The van der Waals surface area contributed by atoms with Crippen molar-refractivity contribution >= 4 is 0 Å². The molecule has 58 valence electrons. The minimum Gasteiger partial charge on any atom is -0.305 e. The van der Waals surface area contributed by atoms with Crippen molar-refractivity contribution in [1.29, 1.82) is 0 Å². The van der Waals surface area contributed by atoms with Crippen LogP contribution in [-0.4, -0.2) is 30.0 Å². The summed E-state index contributed by atoms with van der Waals surface area (Å²) in [6.45, 7) is 2.37. The molecule has 1 aliphatic heterocycles. The molecule has 11 heavy (non-hydrogen) atoms. The number of pyridine rings is 1. The van der Waals surface area contributed by atoms with Gasteiger partial charge < -0.3 is 4.90 Å². The van der Waals surface area contributed by atoms with Crippen LogP contribution in [0.2, 0.25) is 0 Å². The van der Waals surface area contributed by atoms with Gasteiger partial charge in [-0.2, -0.15) is 0 Å². The molecule has 0 aliphatic carbocycles. The SMILES string of the molecule is CN1CC(c2cccnc2)C1. The molecule has 0 aromatic carbocycles. The van der Waals surface area contributed by atoms with Gasteiger partial charge in [-0.25, -0.2) is 0 Å². The highest BCUT2D eigenvalue weighted by Crippen LogP contribution is 2.23. The van der Waals surface area contributed by atoms with Crippen LogP contribution in [0.5, 0.6) is 0 Å². The first kappa shape index (κ1) is 6.80. The fourth-order valence-electron chi connectivity index (χ4n) is 1.53. The van der Waals surface area contributed by atoms with Gasteiger partial charge in [-0.1, -0.05) is 6.07 Å². The number of hydrogen-bond acceptors (Lipinski definition) is 2. The van der Waals surface area contributed by atoms with Crippen LogP contribution < -0.4 is 0 Å². The number of likely N-dealkylation sites (N-methyl/N-ethyl adjacent to an activating group) is 1. The summed E-state index contributed by atoms with van der Waals surface area (Å²) in [5.41, 5.74) is 1.38. The fraction of sp³-hybridized carbons (Fsp3) is 0.444. The van der Waals surface area contributed by atoms with E-state index in [0.717, 1.165) is 5.92 Å². The van der Waals surface area contributed by atoms with E-state index in [-0.39, 0.29) is 0 Å². The Labute approximate surface area is 66.9 Å². The molecule has 2 rings (SSSR count). The number of likely N-dealkylation sites (tertiary alicyclic amines) is 1. The molecule has 1 aliphatic rings. The van der Waals surface area contributed by atoms with Crippen molar-refractivity contribution in [2.24, 2.45) is 0 Å². The predicted octanol–water partition coefficient (Wildman–Crippen LogP) is 1.11. The van der Waals surface area contributed by atoms with Crippen LogP contribution in [0.1, 0.15) is 11.5 Å². The molecule has 0 bridgehead atoms. The van der Waals surface area contributed by atoms with Crippen molar-refractivity contribution in [3.05, 3.63) is 30.1 Å². The van der Waals surface area contributed by atoms with E-state index in [0.29, 0.717) is 0 Å². The second kappa shape index (κ2) is 2.62. The smallest absolute Gasteiger partial charge is 0.0303 e. The van der Waals surface area contributed by atoms with Gasteiger partial charge in [0.25, 0.3) is 0 Å². The van der Waals surface area contributed by atoms with E-state index in [1.54, 1.807) is 0 Å². The number of rotatable bonds is 1. The molecule has 2 heterocycles. The molecule has 1 aromatic rings. The molecule has 0 N–H and O–H groups in total. The van der Waals surface area contributed by atoms with Crippen LogP contribution in [-0.2, 0) is 0 Å². The quantitative estimate of drug-likeness (QED) is 0.593. The zero-order valence-electron chi connectivity index (χ0n) is 6.70. The highest BCUT2D eigenvalue weighted by atomic mass is 15.2. The lowest BCUT2D eigenvalue weighted by molar-refractivity contribution is 0.189. The van der Waals surface area contributed by atoms with Crippen LogP contribution in [0.15, 0.2) is 24.5 Å². The Bertz CT molecular complexity index is 227. The topological polar surface area (TPSA) is 16.1 Å². The van der Waals surface area contributed by atoms with Crippen LogP contribution in [0.25, 0.3) is 0 Å². The van der Waals surface area contributed by atoms with E-state index in [2.05, 4.69) is 23.0 Å². The van der Waals surface area contributed by atoms with Gasteiger partial charge in [0.05, 0.1) is 0 Å². The first-order valence-electron chi connectivity index (χ1n) is 3.95. The summed E-state index contributed by atoms with van der Waals surface area (Å²) in [5.74, 6) is 0.730. The monoisotopic (exact) mass is 148 g/mol. The maximum absolute atomic E-state index is 4.09. The average Bonchev–Trinajstić information content (AvgIpc) is 2.01. The molecule has 2 nitrogen and oxygen atoms in total. The highest BCUT2D eigenvalue weighted by Gasteiger charge is 2.24. The van der Waals surface area contributed by atoms with Gasteiger partial charge in [-0.3, -0.25) is 4.98 Å². The third-order valence-electron chi connectivity index (χ3n) is 2.22. The van der Waals surface area contributed by atoms with Gasteiger partial charge >= 0.3 is 0 Å². The lowest BCUT2D eigenvalue weighted by atomic mass is 9.94. The summed E-state index contributed by atoms with van der Waals surface area (Å²) in [6, 6.07) is 4.16. The summed E-state index contributed by atoms with van der Waals surface area (Å²) >= 11 is 0. The standard InChI is InChI=1S/C9H12N2/c1-11-6-9(7-11)8-3-2-4-10-5-8/h2-5,9H,6-7H2,1H3. The van der Waals surface area contributed by atoms with Crippen molar-refractivity contribution in [3.8, 4) is 0 Å². The molecule has 0 amide bonds. The normalized spacial score (nSPS) is 19.7. The third-order valence-corrected chi connectivity index (χ3v) is 2.22.